The third kappa shape index (κ3) is 17.0. The van der Waals surface area contributed by atoms with Crippen LogP contribution in [0.25, 0.3) is 11.3 Å². The van der Waals surface area contributed by atoms with Crippen molar-refractivity contribution in [1.29, 1.82) is 0 Å². The molecule has 4 aliphatic heterocycles. The molecule has 4 atom stereocenters. The van der Waals surface area contributed by atoms with Gasteiger partial charge in [0, 0.05) is 63.2 Å². The van der Waals surface area contributed by atoms with Crippen molar-refractivity contribution in [2.24, 2.45) is 0 Å². The van der Waals surface area contributed by atoms with Gasteiger partial charge in [0.25, 0.3) is 0 Å². The molecule has 20 nitrogen and oxygen atoms in total. The number of ketones is 2. The molecule has 0 spiro atoms. The van der Waals surface area contributed by atoms with E-state index in [9.17, 15) is 19.2 Å². The van der Waals surface area contributed by atoms with E-state index in [1.807, 2.05) is 37.5 Å². The van der Waals surface area contributed by atoms with Crippen LogP contribution in [-0.4, -0.2) is 137 Å². The zero-order valence-electron chi connectivity index (χ0n) is 48.0. The van der Waals surface area contributed by atoms with Gasteiger partial charge in [-0.3, -0.25) is 19.2 Å². The van der Waals surface area contributed by atoms with Gasteiger partial charge in [-0.15, -0.1) is 0 Å². The monoisotopic (exact) mass is 1130 g/mol. The Morgan fingerprint density at radius 1 is 0.765 bits per heavy atom. The Morgan fingerprint density at radius 3 is 1.93 bits per heavy atom. The molecule has 5 aliphatic rings. The first-order valence-corrected chi connectivity index (χ1v) is 29.7. The molecule has 5 aromatic rings. The molecule has 0 saturated carbocycles. The molecule has 21 heteroatoms. The van der Waals surface area contributed by atoms with Gasteiger partial charge in [0.05, 0.1) is 49.8 Å². The van der Waals surface area contributed by atoms with Gasteiger partial charge in [0.15, 0.2) is 22.9 Å². The van der Waals surface area contributed by atoms with Gasteiger partial charge in [0.1, 0.15) is 0 Å². The van der Waals surface area contributed by atoms with E-state index in [0.717, 1.165) is 136 Å². The van der Waals surface area contributed by atoms with Crippen molar-refractivity contribution in [2.75, 3.05) is 67.3 Å². The number of carbonyl (C=O) groups excluding carboxylic acids is 4. The number of halogens is 1. The summed E-state index contributed by atoms with van der Waals surface area (Å²) in [5.41, 5.74) is 8.16. The first-order valence-electron chi connectivity index (χ1n) is 29.3. The molecule has 436 valence electrons. The maximum atomic E-state index is 13.2. The zero-order valence-corrected chi connectivity index (χ0v) is 48.7. The Labute approximate surface area is 481 Å². The quantitative estimate of drug-likeness (QED) is 0.0361. The summed E-state index contributed by atoms with van der Waals surface area (Å²) in [6.07, 6.45) is 22.5. The molecule has 0 radical (unpaired) electrons. The number of nitrogens with zero attached hydrogens (tertiary/aromatic N) is 9. The van der Waals surface area contributed by atoms with E-state index in [2.05, 4.69) is 89.3 Å². The van der Waals surface area contributed by atoms with E-state index in [0.29, 0.717) is 87.6 Å². The zero-order chi connectivity index (χ0) is 57.3. The fourth-order valence-corrected chi connectivity index (χ4v) is 10.9. The molecular formula is C60H83ClN14O6. The summed E-state index contributed by atoms with van der Waals surface area (Å²) in [5.74, 6) is 3.51. The number of ether oxygens (including phenoxy) is 2. The Morgan fingerprint density at radius 2 is 1.37 bits per heavy atom. The minimum absolute atomic E-state index is 0.0151. The van der Waals surface area contributed by atoms with Crippen molar-refractivity contribution >= 4 is 69.4 Å². The average Bonchev–Trinajstić information content (AvgIpc) is 4.14. The van der Waals surface area contributed by atoms with E-state index in [4.69, 9.17) is 41.0 Å². The predicted molar refractivity (Wildman–Crippen MR) is 317 cm³/mol. The Balaban J connectivity index is 0.000000197. The maximum Gasteiger partial charge on any atom is 0.244 e. The summed E-state index contributed by atoms with van der Waals surface area (Å²) < 4.78 is 14.8. The van der Waals surface area contributed by atoms with Crippen molar-refractivity contribution in [1.82, 2.24) is 49.4 Å². The number of anilines is 4. The van der Waals surface area contributed by atoms with E-state index in [1.54, 1.807) is 13.9 Å². The number of hydrogen-bond acceptors (Lipinski definition) is 17. The molecule has 1 aromatic carbocycles. The van der Waals surface area contributed by atoms with Crippen LogP contribution < -0.4 is 26.6 Å². The van der Waals surface area contributed by atoms with Crippen molar-refractivity contribution in [3.8, 4) is 0 Å². The minimum atomic E-state index is -0.509. The van der Waals surface area contributed by atoms with Crippen LogP contribution in [0.3, 0.4) is 0 Å². The fraction of sp³-hybridized carbons (Fsp3) is 0.567. The van der Waals surface area contributed by atoms with Crippen LogP contribution in [0.4, 0.5) is 23.8 Å². The Kier molecular flexibility index (Phi) is 22.3. The highest BCUT2D eigenvalue weighted by Crippen LogP contribution is 2.28. The fourth-order valence-electron chi connectivity index (χ4n) is 10.9. The van der Waals surface area contributed by atoms with Gasteiger partial charge in [-0.2, -0.15) is 39.2 Å². The molecule has 0 bridgehead atoms. The second kappa shape index (κ2) is 29.9. The molecule has 10 rings (SSSR count). The minimum Gasteiger partial charge on any atom is -0.379 e. The maximum absolute atomic E-state index is 13.2. The van der Waals surface area contributed by atoms with Gasteiger partial charge < -0.3 is 41.0 Å². The Bertz CT molecular complexity index is 3010. The number of allylic oxidation sites excluding steroid dienone is 4. The molecule has 1 amide bonds. The molecule has 4 aromatic heterocycles. The normalized spacial score (nSPS) is 20.3. The van der Waals surface area contributed by atoms with Gasteiger partial charge in [-0.1, -0.05) is 89.6 Å². The molecule has 8 heterocycles. The largest absolute Gasteiger partial charge is 0.379 e. The van der Waals surface area contributed by atoms with Gasteiger partial charge in [-0.25, -0.2) is 0 Å². The van der Waals surface area contributed by atoms with E-state index in [1.165, 1.54) is 12.0 Å². The van der Waals surface area contributed by atoms with Crippen molar-refractivity contribution in [3.05, 3.63) is 94.9 Å². The summed E-state index contributed by atoms with van der Waals surface area (Å²) in [6, 6.07) is 8.14. The summed E-state index contributed by atoms with van der Waals surface area (Å²) in [5, 5.41) is 25.9. The van der Waals surface area contributed by atoms with Gasteiger partial charge in [-0.05, 0) is 123 Å². The first-order chi connectivity index (χ1) is 39.3. The van der Waals surface area contributed by atoms with Crippen LogP contribution in [0.15, 0.2) is 72.6 Å². The predicted octanol–water partition coefficient (Wildman–Crippen LogP) is 9.29. The number of amides is 1. The van der Waals surface area contributed by atoms with Crippen molar-refractivity contribution in [2.45, 2.75) is 173 Å². The number of nitrogens with one attached hydrogen (secondary N) is 5. The lowest BCUT2D eigenvalue weighted by Gasteiger charge is -2.34. The lowest BCUT2D eigenvalue weighted by molar-refractivity contribution is -0.140. The summed E-state index contributed by atoms with van der Waals surface area (Å²) >= 11 is 4.71. The molecule has 4 saturated heterocycles. The van der Waals surface area contributed by atoms with E-state index >= 15 is 0 Å². The summed E-state index contributed by atoms with van der Waals surface area (Å²) in [6.45, 7) is 19.2. The molecular weight excluding hydrogens is 1050 g/mol. The number of rotatable bonds is 20. The SMILES string of the molecule is C=CC(=O)Cl.CC(C)c1cnn2c(NCC3=CC(CC(=O)C4CCCCN4)=CCC3)nc(N[C@H]3CCCOC3)nc12.CCC(=O)N1CCCCC1C(=O)Cc1cccc(CNc2nc(N[C@H]3CCCOC3)nc3c(C(C)C)cnn23)c1. The second-order valence-electron chi connectivity index (χ2n) is 22.2. The van der Waals surface area contributed by atoms with Crippen LogP contribution in [0.5, 0.6) is 0 Å². The van der Waals surface area contributed by atoms with Crippen LogP contribution in [0.1, 0.15) is 159 Å². The number of carbonyl (C=O) groups is 4. The van der Waals surface area contributed by atoms with Crippen molar-refractivity contribution < 1.29 is 28.7 Å². The van der Waals surface area contributed by atoms with Crippen LogP contribution in [-0.2, 0) is 41.6 Å². The van der Waals surface area contributed by atoms with Crippen molar-refractivity contribution in [3.63, 3.8) is 0 Å². The highest BCUT2D eigenvalue weighted by molar-refractivity contribution is 6.66. The van der Waals surface area contributed by atoms with Gasteiger partial charge >= 0.3 is 0 Å². The molecule has 4 fully saturated rings. The number of benzene rings is 1. The van der Waals surface area contributed by atoms with E-state index < -0.39 is 5.24 Å². The highest BCUT2D eigenvalue weighted by atomic mass is 35.5. The van der Waals surface area contributed by atoms with Gasteiger partial charge in [0.2, 0.25) is 34.9 Å². The lowest BCUT2D eigenvalue weighted by atomic mass is 9.92. The average molecular weight is 1130 g/mol. The number of likely N-dealkylation sites (tertiary alicyclic amines) is 1. The number of hydrogen-bond donors (Lipinski definition) is 5. The van der Waals surface area contributed by atoms with E-state index in [-0.39, 0.29) is 41.8 Å². The highest BCUT2D eigenvalue weighted by Gasteiger charge is 2.31. The number of Topliss-reactive ketones (excluding diaryl/α,β-unsaturated/α-hetero) is 2. The smallest absolute Gasteiger partial charge is 0.244 e. The molecule has 1 aliphatic carbocycles. The summed E-state index contributed by atoms with van der Waals surface area (Å²) in [4.78, 5) is 68.8. The lowest BCUT2D eigenvalue weighted by Crippen LogP contribution is -2.48. The summed E-state index contributed by atoms with van der Waals surface area (Å²) in [7, 11) is 0. The number of fused-ring (bicyclic) bond motifs is 2. The molecule has 81 heavy (non-hydrogen) atoms. The number of piperidine rings is 2. The third-order valence-corrected chi connectivity index (χ3v) is 15.5. The van der Waals surface area contributed by atoms with Crippen LogP contribution in [0.2, 0.25) is 0 Å². The van der Waals surface area contributed by atoms with Crippen LogP contribution >= 0.6 is 11.6 Å². The standard InChI is InChI=1S/C30H41N7O3.C27H39N7O2.C3H3ClO/c1-4-27(39)36-13-6-5-12-25(36)26(38)16-21-9-7-10-22(15-21)17-31-30-35-29(33-23-11-8-14-40-19-23)34-28-24(20(2)3)18-32-37(28)30;1-18(2)22-16-30-34-25(22)32-26(31-21-9-6-12-36-17-21)33-27(34)29-15-20-8-5-7-19(13-20)14-24(35)23-10-3-4-11-28-23;1-2-3(4)5/h7,9-10,15,18,20,23,25H,4-6,8,11-14,16-17,19H2,1-3H3,(H2,31,33,34,35);7,13,16,18,21,23,28H,3-6,8-12,14-15,17H2,1-2H3,(H2,29,31,32,33);2H,1H2/t23-,25?;21-,23?;/m00./s1. The molecule has 2 unspecified atom stereocenters. The first kappa shape index (κ1) is 60.5. The van der Waals surface area contributed by atoms with Crippen LogP contribution in [0, 0.1) is 0 Å². The Hall–Kier alpha value is -6.61. The molecule has 5 N–H and O–H groups in total. The number of aromatic nitrogens is 8. The third-order valence-electron chi connectivity index (χ3n) is 15.3. The topological polar surface area (TPSA) is 236 Å². The second-order valence-corrected chi connectivity index (χ2v) is 22.6.